The molecular weight excluding hydrogens is 186 g/mol. The highest BCUT2D eigenvalue weighted by atomic mass is 16.5. The lowest BCUT2D eigenvalue weighted by molar-refractivity contribution is 0.201. The van der Waals surface area contributed by atoms with E-state index in [1.807, 2.05) is 0 Å². The van der Waals surface area contributed by atoms with Crippen LogP contribution < -0.4 is 5.32 Å². The lowest BCUT2D eigenvalue weighted by atomic mass is 10.1. The van der Waals surface area contributed by atoms with Gasteiger partial charge in [-0.05, 0) is 44.4 Å². The zero-order valence-electron chi connectivity index (χ0n) is 10.2. The predicted molar refractivity (Wildman–Crippen MR) is 64.8 cm³/mol. The molecule has 1 N–H and O–H groups in total. The molecule has 86 valence electrons. The molecule has 0 aliphatic carbocycles. The summed E-state index contributed by atoms with van der Waals surface area (Å²) in [6.07, 6.45) is 7.85. The molecule has 0 unspecified atom stereocenters. The summed E-state index contributed by atoms with van der Waals surface area (Å²) in [5, 5.41) is 3.40. The van der Waals surface area contributed by atoms with E-state index in [1.54, 1.807) is 0 Å². The van der Waals surface area contributed by atoms with Crippen molar-refractivity contribution in [2.75, 3.05) is 13.2 Å². The fraction of sp³-hybridized carbons (Fsp3) is 0.692. The smallest absolute Gasteiger partial charge is 0.117 e. The van der Waals surface area contributed by atoms with Gasteiger partial charge in [-0.3, -0.25) is 0 Å². The Hall–Kier alpha value is -0.760. The topological polar surface area (TPSA) is 21.3 Å². The average Bonchev–Trinajstić information content (AvgIpc) is 2.25. The van der Waals surface area contributed by atoms with Gasteiger partial charge in [0.05, 0.1) is 6.61 Å². The largest absolute Gasteiger partial charge is 0.494 e. The number of ether oxygens (including phenoxy) is 1. The first-order valence-corrected chi connectivity index (χ1v) is 5.93. The Bertz CT molecular complexity index is 241. The maximum atomic E-state index is 5.59. The van der Waals surface area contributed by atoms with Crippen molar-refractivity contribution >= 4 is 0 Å². The molecule has 15 heavy (non-hydrogen) atoms. The van der Waals surface area contributed by atoms with Crippen LogP contribution in [0.1, 0.15) is 40.0 Å². The van der Waals surface area contributed by atoms with E-state index >= 15 is 0 Å². The van der Waals surface area contributed by atoms with E-state index in [1.165, 1.54) is 5.57 Å². The Balaban J connectivity index is 2.28. The van der Waals surface area contributed by atoms with Crippen molar-refractivity contribution < 1.29 is 4.74 Å². The van der Waals surface area contributed by atoms with Gasteiger partial charge >= 0.3 is 0 Å². The summed E-state index contributed by atoms with van der Waals surface area (Å²) < 4.78 is 5.59. The van der Waals surface area contributed by atoms with Crippen molar-refractivity contribution in [3.8, 4) is 0 Å². The van der Waals surface area contributed by atoms with Crippen LogP contribution in [0.15, 0.2) is 23.5 Å². The van der Waals surface area contributed by atoms with Gasteiger partial charge in [0.15, 0.2) is 0 Å². The Morgan fingerprint density at radius 1 is 1.60 bits per heavy atom. The van der Waals surface area contributed by atoms with Crippen LogP contribution in [0.2, 0.25) is 0 Å². The second-order valence-electron chi connectivity index (χ2n) is 4.34. The minimum atomic E-state index is 0.573. The van der Waals surface area contributed by atoms with Crippen LogP contribution in [0.4, 0.5) is 0 Å². The summed E-state index contributed by atoms with van der Waals surface area (Å²) >= 11 is 0. The van der Waals surface area contributed by atoms with Crippen LogP contribution in [-0.4, -0.2) is 19.2 Å². The van der Waals surface area contributed by atoms with Crippen molar-refractivity contribution in [2.45, 2.75) is 46.1 Å². The molecule has 0 bridgehead atoms. The molecule has 0 saturated carbocycles. The highest BCUT2D eigenvalue weighted by Gasteiger charge is 2.05. The number of hydrogen-bond donors (Lipinski definition) is 1. The Labute approximate surface area is 93.4 Å². The van der Waals surface area contributed by atoms with Crippen LogP contribution in [0, 0.1) is 0 Å². The number of nitrogens with one attached hydrogen (secondary N) is 1. The van der Waals surface area contributed by atoms with Crippen LogP contribution >= 0.6 is 0 Å². The van der Waals surface area contributed by atoms with Crippen molar-refractivity contribution in [1.29, 1.82) is 0 Å². The minimum Gasteiger partial charge on any atom is -0.494 e. The quantitative estimate of drug-likeness (QED) is 0.703. The zero-order chi connectivity index (χ0) is 11.1. The lowest BCUT2D eigenvalue weighted by Gasteiger charge is -2.15. The first kappa shape index (κ1) is 12.3. The molecule has 0 aromatic rings. The first-order valence-electron chi connectivity index (χ1n) is 5.93. The van der Waals surface area contributed by atoms with Gasteiger partial charge in [-0.1, -0.05) is 19.9 Å². The maximum absolute atomic E-state index is 5.59. The Kier molecular flexibility index (Phi) is 5.48. The second-order valence-corrected chi connectivity index (χ2v) is 4.34. The molecule has 0 fully saturated rings. The molecule has 0 aromatic carbocycles. The molecule has 0 amide bonds. The second kappa shape index (κ2) is 6.67. The molecule has 0 atom stereocenters. The van der Waals surface area contributed by atoms with Crippen LogP contribution in [-0.2, 0) is 4.74 Å². The third-order valence-electron chi connectivity index (χ3n) is 2.47. The molecule has 1 aliphatic heterocycles. The van der Waals surface area contributed by atoms with Crippen LogP contribution in [0.5, 0.6) is 0 Å². The molecular formula is C13H23NO. The summed E-state index contributed by atoms with van der Waals surface area (Å²) in [5.74, 6) is 1.09. The number of allylic oxidation sites excluding steroid dienone is 2. The molecule has 1 rings (SSSR count). The average molecular weight is 209 g/mol. The van der Waals surface area contributed by atoms with E-state index in [2.05, 4.69) is 38.2 Å². The summed E-state index contributed by atoms with van der Waals surface area (Å²) in [6.45, 7) is 8.39. The Morgan fingerprint density at radius 2 is 2.40 bits per heavy atom. The van der Waals surface area contributed by atoms with E-state index < -0.39 is 0 Å². The summed E-state index contributed by atoms with van der Waals surface area (Å²) in [6, 6.07) is 0.573. The van der Waals surface area contributed by atoms with Gasteiger partial charge < -0.3 is 10.1 Å². The first-order chi connectivity index (χ1) is 7.20. The van der Waals surface area contributed by atoms with E-state index in [0.29, 0.717) is 6.04 Å². The van der Waals surface area contributed by atoms with Gasteiger partial charge in [-0.25, -0.2) is 0 Å². The van der Waals surface area contributed by atoms with Gasteiger partial charge in [0.2, 0.25) is 0 Å². The SMILES string of the molecule is C/C(=C/CCNC(C)C)C1=CCCCO1. The fourth-order valence-corrected chi connectivity index (χ4v) is 1.59. The van der Waals surface area contributed by atoms with E-state index in [-0.39, 0.29) is 0 Å². The van der Waals surface area contributed by atoms with Gasteiger partial charge in [0.1, 0.15) is 5.76 Å². The minimum absolute atomic E-state index is 0.573. The van der Waals surface area contributed by atoms with Gasteiger partial charge in [-0.2, -0.15) is 0 Å². The van der Waals surface area contributed by atoms with Crippen molar-refractivity contribution in [3.63, 3.8) is 0 Å². The molecule has 1 heterocycles. The number of rotatable bonds is 5. The molecule has 2 nitrogen and oxygen atoms in total. The monoisotopic (exact) mass is 209 g/mol. The summed E-state index contributed by atoms with van der Waals surface area (Å²) in [7, 11) is 0. The highest BCUT2D eigenvalue weighted by molar-refractivity contribution is 5.24. The third kappa shape index (κ3) is 5.03. The molecule has 0 spiro atoms. The summed E-state index contributed by atoms with van der Waals surface area (Å²) in [5.41, 5.74) is 1.28. The van der Waals surface area contributed by atoms with Crippen molar-refractivity contribution in [1.82, 2.24) is 5.32 Å². The normalized spacial score (nSPS) is 17.6. The van der Waals surface area contributed by atoms with Gasteiger partial charge in [0, 0.05) is 6.04 Å². The fourth-order valence-electron chi connectivity index (χ4n) is 1.59. The van der Waals surface area contributed by atoms with E-state index in [4.69, 9.17) is 4.74 Å². The highest BCUT2D eigenvalue weighted by Crippen LogP contribution is 2.17. The van der Waals surface area contributed by atoms with E-state index in [0.717, 1.165) is 38.2 Å². The van der Waals surface area contributed by atoms with Gasteiger partial charge in [-0.15, -0.1) is 0 Å². The lowest BCUT2D eigenvalue weighted by Crippen LogP contribution is -2.23. The van der Waals surface area contributed by atoms with Crippen LogP contribution in [0.3, 0.4) is 0 Å². The molecule has 0 radical (unpaired) electrons. The Morgan fingerprint density at radius 3 is 3.00 bits per heavy atom. The third-order valence-corrected chi connectivity index (χ3v) is 2.47. The molecule has 2 heteroatoms. The van der Waals surface area contributed by atoms with E-state index in [9.17, 15) is 0 Å². The molecule has 1 aliphatic rings. The summed E-state index contributed by atoms with van der Waals surface area (Å²) in [4.78, 5) is 0. The van der Waals surface area contributed by atoms with Crippen molar-refractivity contribution in [2.24, 2.45) is 0 Å². The van der Waals surface area contributed by atoms with Crippen LogP contribution in [0.25, 0.3) is 0 Å². The van der Waals surface area contributed by atoms with Crippen molar-refractivity contribution in [3.05, 3.63) is 23.5 Å². The zero-order valence-corrected chi connectivity index (χ0v) is 10.2. The number of hydrogen-bond acceptors (Lipinski definition) is 2. The maximum Gasteiger partial charge on any atom is 0.117 e. The molecule has 0 saturated heterocycles. The van der Waals surface area contributed by atoms with Gasteiger partial charge in [0.25, 0.3) is 0 Å². The standard InChI is InChI=1S/C13H23NO/c1-11(2)14-9-6-7-12(3)13-8-4-5-10-15-13/h7-8,11,14H,4-6,9-10H2,1-3H3/b12-7-. The predicted octanol–water partition coefficient (Wildman–Crippen LogP) is 3.02. The molecule has 0 aromatic heterocycles.